The van der Waals surface area contributed by atoms with Gasteiger partial charge in [-0.1, -0.05) is 11.6 Å². The third kappa shape index (κ3) is 3.96. The van der Waals surface area contributed by atoms with Crippen molar-refractivity contribution in [1.29, 1.82) is 0 Å². The monoisotopic (exact) mass is 414 g/mol. The van der Waals surface area contributed by atoms with Crippen LogP contribution in [0.5, 0.6) is 0 Å². The number of likely N-dealkylation sites (tertiary alicyclic amines) is 1. The molecule has 1 aromatic heterocycles. The van der Waals surface area contributed by atoms with Crippen molar-refractivity contribution in [3.05, 3.63) is 58.9 Å². The second-order valence-electron chi connectivity index (χ2n) is 7.21. The number of nitrogens with zero attached hydrogens (tertiary/aromatic N) is 3. The molecule has 8 heteroatoms. The van der Waals surface area contributed by atoms with Crippen molar-refractivity contribution < 1.29 is 14.0 Å². The Morgan fingerprint density at radius 2 is 1.97 bits per heavy atom. The number of piperidine rings is 1. The summed E-state index contributed by atoms with van der Waals surface area (Å²) in [7, 11) is 1.82. The lowest BCUT2D eigenvalue weighted by atomic mass is 9.96. The number of hydrogen-bond donors (Lipinski definition) is 1. The van der Waals surface area contributed by atoms with Crippen molar-refractivity contribution in [2.24, 2.45) is 13.0 Å². The van der Waals surface area contributed by atoms with Crippen LogP contribution in [0.25, 0.3) is 11.0 Å². The first-order chi connectivity index (χ1) is 13.9. The number of imidazole rings is 1. The zero-order valence-corrected chi connectivity index (χ0v) is 16.6. The van der Waals surface area contributed by atoms with E-state index in [9.17, 15) is 14.0 Å². The van der Waals surface area contributed by atoms with Crippen LogP contribution in [0.2, 0.25) is 5.02 Å². The normalized spacial score (nSPS) is 16.8. The van der Waals surface area contributed by atoms with E-state index < -0.39 is 0 Å². The Balaban J connectivity index is 1.47. The molecule has 1 fully saturated rings. The van der Waals surface area contributed by atoms with Crippen LogP contribution in [-0.2, 0) is 11.8 Å². The van der Waals surface area contributed by atoms with Crippen LogP contribution in [0.4, 0.5) is 10.3 Å². The summed E-state index contributed by atoms with van der Waals surface area (Å²) < 4.78 is 14.9. The van der Waals surface area contributed by atoms with Gasteiger partial charge in [-0.15, -0.1) is 0 Å². The molecule has 1 N–H and O–H groups in total. The van der Waals surface area contributed by atoms with E-state index in [0.29, 0.717) is 41.6 Å². The summed E-state index contributed by atoms with van der Waals surface area (Å²) in [4.78, 5) is 31.6. The zero-order valence-electron chi connectivity index (χ0n) is 15.9. The number of hydrogen-bond acceptors (Lipinski definition) is 3. The maximum absolute atomic E-state index is 13.1. The van der Waals surface area contributed by atoms with Crippen LogP contribution in [0.15, 0.2) is 42.5 Å². The molecule has 4 rings (SSSR count). The highest BCUT2D eigenvalue weighted by Gasteiger charge is 2.29. The SMILES string of the molecule is Cn1c(NC(=O)C2CCCN(C(=O)c3ccc(F)cc3)C2)nc2cc(Cl)ccc21. The summed E-state index contributed by atoms with van der Waals surface area (Å²) in [5.74, 6) is -0.655. The third-order valence-corrected chi connectivity index (χ3v) is 5.48. The van der Waals surface area contributed by atoms with Crippen LogP contribution >= 0.6 is 11.6 Å². The second kappa shape index (κ2) is 7.83. The molecule has 1 atom stereocenters. The first-order valence-electron chi connectivity index (χ1n) is 9.40. The Labute approximate surface area is 172 Å². The summed E-state index contributed by atoms with van der Waals surface area (Å²) in [5, 5.41) is 3.46. The van der Waals surface area contributed by atoms with E-state index >= 15 is 0 Å². The van der Waals surface area contributed by atoms with E-state index in [2.05, 4.69) is 10.3 Å². The minimum absolute atomic E-state index is 0.175. The first-order valence-corrected chi connectivity index (χ1v) is 9.78. The molecular weight excluding hydrogens is 395 g/mol. The fourth-order valence-corrected chi connectivity index (χ4v) is 3.81. The van der Waals surface area contributed by atoms with Gasteiger partial charge >= 0.3 is 0 Å². The van der Waals surface area contributed by atoms with E-state index in [0.717, 1.165) is 11.9 Å². The number of carbonyl (C=O) groups excluding carboxylic acids is 2. The molecule has 0 spiro atoms. The van der Waals surface area contributed by atoms with Gasteiger partial charge in [0, 0.05) is 30.7 Å². The maximum atomic E-state index is 13.1. The van der Waals surface area contributed by atoms with Crippen molar-refractivity contribution in [2.45, 2.75) is 12.8 Å². The van der Waals surface area contributed by atoms with Gasteiger partial charge in [0.05, 0.1) is 17.0 Å². The highest BCUT2D eigenvalue weighted by molar-refractivity contribution is 6.31. The third-order valence-electron chi connectivity index (χ3n) is 5.25. The molecule has 1 aliphatic rings. The van der Waals surface area contributed by atoms with Gasteiger partial charge in [-0.3, -0.25) is 14.9 Å². The number of anilines is 1. The molecule has 150 valence electrons. The molecule has 1 saturated heterocycles. The number of benzene rings is 2. The van der Waals surface area contributed by atoms with Crippen molar-refractivity contribution in [1.82, 2.24) is 14.5 Å². The summed E-state index contributed by atoms with van der Waals surface area (Å²) in [6.07, 6.45) is 1.41. The Hall–Kier alpha value is -2.93. The van der Waals surface area contributed by atoms with Crippen molar-refractivity contribution >= 4 is 40.4 Å². The average Bonchev–Trinajstić information content (AvgIpc) is 3.02. The molecule has 0 bridgehead atoms. The van der Waals surface area contributed by atoms with Crippen LogP contribution in [0.3, 0.4) is 0 Å². The number of amides is 2. The van der Waals surface area contributed by atoms with Gasteiger partial charge in [-0.25, -0.2) is 9.37 Å². The standard InChI is InChI=1S/C21H20ClFN4O2/c1-26-18-9-6-15(22)11-17(18)24-21(26)25-19(28)14-3-2-10-27(12-14)20(29)13-4-7-16(23)8-5-13/h4-9,11,14H,2-3,10,12H2,1H3,(H,24,25,28). The van der Waals surface area contributed by atoms with E-state index in [1.54, 1.807) is 21.6 Å². The van der Waals surface area contributed by atoms with Crippen LogP contribution in [0.1, 0.15) is 23.2 Å². The van der Waals surface area contributed by atoms with E-state index in [-0.39, 0.29) is 23.5 Å². The Morgan fingerprint density at radius 3 is 2.72 bits per heavy atom. The fourth-order valence-electron chi connectivity index (χ4n) is 3.65. The largest absolute Gasteiger partial charge is 0.338 e. The molecule has 2 aromatic carbocycles. The van der Waals surface area contributed by atoms with Gasteiger partial charge in [0.25, 0.3) is 5.91 Å². The average molecular weight is 415 g/mol. The summed E-state index contributed by atoms with van der Waals surface area (Å²) in [5.41, 5.74) is 1.98. The summed E-state index contributed by atoms with van der Waals surface area (Å²) in [6, 6.07) is 10.8. The molecule has 1 aliphatic heterocycles. The molecule has 2 heterocycles. The predicted octanol–water partition coefficient (Wildman–Crippen LogP) is 3.86. The lowest BCUT2D eigenvalue weighted by Crippen LogP contribution is -2.44. The second-order valence-corrected chi connectivity index (χ2v) is 7.65. The number of rotatable bonds is 3. The minimum atomic E-state index is -0.388. The van der Waals surface area contributed by atoms with Crippen LogP contribution in [-0.4, -0.2) is 39.4 Å². The van der Waals surface area contributed by atoms with E-state index in [4.69, 9.17) is 11.6 Å². The quantitative estimate of drug-likeness (QED) is 0.707. The Kier molecular flexibility index (Phi) is 5.24. The molecule has 0 aliphatic carbocycles. The lowest BCUT2D eigenvalue weighted by molar-refractivity contribution is -0.121. The van der Waals surface area contributed by atoms with Crippen molar-refractivity contribution in [3.63, 3.8) is 0 Å². The summed E-state index contributed by atoms with van der Waals surface area (Å²) in [6.45, 7) is 0.891. The smallest absolute Gasteiger partial charge is 0.253 e. The molecule has 6 nitrogen and oxygen atoms in total. The van der Waals surface area contributed by atoms with E-state index in [1.165, 1.54) is 24.3 Å². The maximum Gasteiger partial charge on any atom is 0.253 e. The number of aryl methyl sites for hydroxylation is 1. The highest BCUT2D eigenvalue weighted by atomic mass is 35.5. The van der Waals surface area contributed by atoms with Gasteiger partial charge in [0.1, 0.15) is 5.82 Å². The predicted molar refractivity (Wildman–Crippen MR) is 109 cm³/mol. The topological polar surface area (TPSA) is 67.2 Å². The van der Waals surface area contributed by atoms with Crippen LogP contribution < -0.4 is 5.32 Å². The van der Waals surface area contributed by atoms with Crippen molar-refractivity contribution in [2.75, 3.05) is 18.4 Å². The van der Waals surface area contributed by atoms with Gasteiger partial charge < -0.3 is 9.47 Å². The first kappa shape index (κ1) is 19.4. The number of halogens is 2. The molecule has 1 unspecified atom stereocenters. The number of fused-ring (bicyclic) bond motifs is 1. The summed E-state index contributed by atoms with van der Waals surface area (Å²) >= 11 is 6.02. The molecule has 0 saturated carbocycles. The van der Waals surface area contributed by atoms with Gasteiger partial charge in [-0.2, -0.15) is 0 Å². The van der Waals surface area contributed by atoms with Gasteiger partial charge in [-0.05, 0) is 55.3 Å². The minimum Gasteiger partial charge on any atom is -0.338 e. The van der Waals surface area contributed by atoms with Crippen LogP contribution in [0, 0.1) is 11.7 Å². The lowest BCUT2D eigenvalue weighted by Gasteiger charge is -2.32. The van der Waals surface area contributed by atoms with Gasteiger partial charge in [0.2, 0.25) is 11.9 Å². The molecule has 0 radical (unpaired) electrons. The van der Waals surface area contributed by atoms with E-state index in [1.807, 2.05) is 13.1 Å². The zero-order chi connectivity index (χ0) is 20.5. The number of nitrogens with one attached hydrogen (secondary N) is 1. The molecule has 2 amide bonds. The Bertz CT molecular complexity index is 1080. The molecular formula is C21H20ClFN4O2. The number of carbonyl (C=O) groups is 2. The van der Waals surface area contributed by atoms with Crippen molar-refractivity contribution in [3.8, 4) is 0 Å². The molecule has 29 heavy (non-hydrogen) atoms. The highest BCUT2D eigenvalue weighted by Crippen LogP contribution is 2.24. The van der Waals surface area contributed by atoms with Gasteiger partial charge in [0.15, 0.2) is 0 Å². The number of aromatic nitrogens is 2. The fraction of sp³-hybridized carbons (Fsp3) is 0.286. The molecule has 3 aromatic rings. The Morgan fingerprint density at radius 1 is 1.21 bits per heavy atom.